The number of aromatic nitrogens is 2. The van der Waals surface area contributed by atoms with Gasteiger partial charge in [0.05, 0.1) is 0 Å². The van der Waals surface area contributed by atoms with Crippen molar-refractivity contribution in [3.8, 4) is 11.4 Å². The van der Waals surface area contributed by atoms with Crippen molar-refractivity contribution in [2.45, 2.75) is 6.54 Å². The van der Waals surface area contributed by atoms with Crippen molar-refractivity contribution < 1.29 is 4.52 Å². The van der Waals surface area contributed by atoms with Gasteiger partial charge in [0.15, 0.2) is 0 Å². The van der Waals surface area contributed by atoms with Crippen LogP contribution in [0.1, 0.15) is 5.56 Å². The van der Waals surface area contributed by atoms with E-state index in [2.05, 4.69) is 21.1 Å². The molecule has 0 atom stereocenters. The van der Waals surface area contributed by atoms with E-state index in [-0.39, 0.29) is 0 Å². The molecule has 2 aromatic rings. The number of hydrogen-bond acceptors (Lipinski definition) is 4. The molecule has 1 radical (unpaired) electrons. The molecule has 1 aromatic carbocycles. The van der Waals surface area contributed by atoms with E-state index in [4.69, 9.17) is 5.73 Å². The number of rotatable bonds is 2. The van der Waals surface area contributed by atoms with Gasteiger partial charge in [-0.1, -0.05) is 29.4 Å². The smallest absolute Gasteiger partial charge is 0.316 e. The van der Waals surface area contributed by atoms with E-state index in [0.29, 0.717) is 12.4 Å². The zero-order valence-electron chi connectivity index (χ0n) is 6.90. The summed E-state index contributed by atoms with van der Waals surface area (Å²) in [5.74, 6) is 0.529. The molecule has 65 valence electrons. The Bertz CT molecular complexity index is 384. The molecule has 4 nitrogen and oxygen atoms in total. The maximum atomic E-state index is 5.56. The lowest BCUT2D eigenvalue weighted by Crippen LogP contribution is -1.99. The molecule has 13 heavy (non-hydrogen) atoms. The summed E-state index contributed by atoms with van der Waals surface area (Å²) in [6.45, 7) is 0.463. The van der Waals surface area contributed by atoms with Gasteiger partial charge in [-0.15, -0.1) is 0 Å². The Balaban J connectivity index is 2.51. The molecule has 0 saturated carbocycles. The van der Waals surface area contributed by atoms with Crippen LogP contribution in [0.5, 0.6) is 0 Å². The third kappa shape index (κ3) is 1.43. The van der Waals surface area contributed by atoms with Crippen molar-refractivity contribution >= 4 is 0 Å². The van der Waals surface area contributed by atoms with Gasteiger partial charge in [0.25, 0.3) is 0 Å². The average Bonchev–Trinajstić information content (AvgIpc) is 2.70. The Hall–Kier alpha value is -1.68. The van der Waals surface area contributed by atoms with Crippen LogP contribution < -0.4 is 5.73 Å². The van der Waals surface area contributed by atoms with E-state index < -0.39 is 0 Å². The third-order valence-corrected chi connectivity index (χ3v) is 1.80. The van der Waals surface area contributed by atoms with Crippen molar-refractivity contribution in [2.75, 3.05) is 0 Å². The number of nitrogens with zero attached hydrogens (tertiary/aromatic N) is 2. The first-order chi connectivity index (χ1) is 6.42. The van der Waals surface area contributed by atoms with Gasteiger partial charge in [-0.25, -0.2) is 0 Å². The van der Waals surface area contributed by atoms with Crippen molar-refractivity contribution in [3.63, 3.8) is 0 Å². The first kappa shape index (κ1) is 7.94. The Morgan fingerprint density at radius 1 is 1.38 bits per heavy atom. The number of hydrogen-bond donors (Lipinski definition) is 1. The fraction of sp³-hybridized carbons (Fsp3) is 0.111. The fourth-order valence-electron chi connectivity index (χ4n) is 1.17. The summed E-state index contributed by atoms with van der Waals surface area (Å²) in [5.41, 5.74) is 7.46. The zero-order valence-corrected chi connectivity index (χ0v) is 6.90. The summed E-state index contributed by atoms with van der Waals surface area (Å²) < 4.78 is 4.54. The van der Waals surface area contributed by atoms with Gasteiger partial charge in [-0.2, -0.15) is 4.98 Å². The van der Waals surface area contributed by atoms with Crippen LogP contribution in [0.3, 0.4) is 0 Å². The summed E-state index contributed by atoms with van der Waals surface area (Å²) in [4.78, 5) is 3.84. The van der Waals surface area contributed by atoms with Crippen molar-refractivity contribution in [3.05, 3.63) is 36.2 Å². The standard InChI is InChI=1S/C9H8N3O/c10-5-7-3-1-2-4-8(7)9-11-6-13-12-9/h1-4H,5,10H2. The second-order valence-electron chi connectivity index (χ2n) is 2.57. The highest BCUT2D eigenvalue weighted by atomic mass is 16.5. The molecule has 0 aliphatic heterocycles. The van der Waals surface area contributed by atoms with Gasteiger partial charge < -0.3 is 10.3 Å². The van der Waals surface area contributed by atoms with E-state index >= 15 is 0 Å². The summed E-state index contributed by atoms with van der Waals surface area (Å²) in [7, 11) is 0. The van der Waals surface area contributed by atoms with Gasteiger partial charge >= 0.3 is 6.39 Å². The first-order valence-electron chi connectivity index (χ1n) is 3.90. The van der Waals surface area contributed by atoms with Gasteiger partial charge in [-0.05, 0) is 5.56 Å². The Kier molecular flexibility index (Phi) is 2.06. The Morgan fingerprint density at radius 3 is 2.92 bits per heavy atom. The Morgan fingerprint density at radius 2 is 2.23 bits per heavy atom. The van der Waals surface area contributed by atoms with Crippen LogP contribution in [-0.2, 0) is 6.54 Å². The maximum Gasteiger partial charge on any atom is 0.316 e. The third-order valence-electron chi connectivity index (χ3n) is 1.80. The largest absolute Gasteiger partial charge is 0.328 e. The number of nitrogens with two attached hydrogens (primary N) is 1. The van der Waals surface area contributed by atoms with Crippen LogP contribution in [0.15, 0.2) is 28.8 Å². The van der Waals surface area contributed by atoms with E-state index in [1.807, 2.05) is 24.3 Å². The number of benzene rings is 1. The molecule has 4 heteroatoms. The summed E-state index contributed by atoms with van der Waals surface area (Å²) >= 11 is 0. The van der Waals surface area contributed by atoms with Gasteiger partial charge in [0.2, 0.25) is 5.82 Å². The summed E-state index contributed by atoms with van der Waals surface area (Å²) in [6, 6.07) is 7.67. The molecule has 1 heterocycles. The maximum absolute atomic E-state index is 5.56. The highest BCUT2D eigenvalue weighted by Gasteiger charge is 2.06. The average molecular weight is 174 g/mol. The van der Waals surface area contributed by atoms with Crippen LogP contribution in [0.2, 0.25) is 0 Å². The molecule has 0 aliphatic carbocycles. The minimum absolute atomic E-state index is 0.463. The van der Waals surface area contributed by atoms with Gasteiger partial charge in [0, 0.05) is 12.1 Å². The normalized spacial score (nSPS) is 10.2. The van der Waals surface area contributed by atoms with Gasteiger partial charge in [0.1, 0.15) is 0 Å². The van der Waals surface area contributed by atoms with Crippen molar-refractivity contribution in [2.24, 2.45) is 5.73 Å². The predicted octanol–water partition coefficient (Wildman–Crippen LogP) is 0.995. The fourth-order valence-corrected chi connectivity index (χ4v) is 1.17. The molecule has 2 N–H and O–H groups in total. The van der Waals surface area contributed by atoms with E-state index in [0.717, 1.165) is 11.1 Å². The van der Waals surface area contributed by atoms with Crippen molar-refractivity contribution in [1.29, 1.82) is 0 Å². The van der Waals surface area contributed by atoms with Crippen LogP contribution >= 0.6 is 0 Å². The molecule has 2 rings (SSSR count). The molecule has 0 bridgehead atoms. The molecule has 0 spiro atoms. The molecule has 0 amide bonds. The van der Waals surface area contributed by atoms with Crippen molar-refractivity contribution in [1.82, 2.24) is 10.1 Å². The zero-order chi connectivity index (χ0) is 9.10. The molecule has 0 aliphatic rings. The second-order valence-corrected chi connectivity index (χ2v) is 2.57. The molecular formula is C9H8N3O. The molecular weight excluding hydrogens is 166 g/mol. The predicted molar refractivity (Wildman–Crippen MR) is 46.5 cm³/mol. The first-order valence-corrected chi connectivity index (χ1v) is 3.90. The van der Waals surface area contributed by atoms with Crippen LogP contribution in [0.25, 0.3) is 11.4 Å². The second kappa shape index (κ2) is 3.37. The molecule has 1 aromatic heterocycles. The molecule has 0 fully saturated rings. The highest BCUT2D eigenvalue weighted by Crippen LogP contribution is 2.18. The lowest BCUT2D eigenvalue weighted by atomic mass is 10.1. The van der Waals surface area contributed by atoms with Crippen LogP contribution in [0, 0.1) is 6.39 Å². The lowest BCUT2D eigenvalue weighted by Gasteiger charge is -2.01. The minimum atomic E-state index is 0.463. The van der Waals surface area contributed by atoms with Crippen LogP contribution in [0.4, 0.5) is 0 Å². The van der Waals surface area contributed by atoms with Crippen LogP contribution in [-0.4, -0.2) is 10.1 Å². The summed E-state index contributed by atoms with van der Waals surface area (Å²) in [6.07, 6.45) is 2.30. The SMILES string of the molecule is NCc1ccccc1-c1n[c]on1. The summed E-state index contributed by atoms with van der Waals surface area (Å²) in [5, 5.41) is 3.70. The van der Waals surface area contributed by atoms with E-state index in [9.17, 15) is 0 Å². The minimum Gasteiger partial charge on any atom is -0.328 e. The topological polar surface area (TPSA) is 64.9 Å². The molecule has 0 unspecified atom stereocenters. The lowest BCUT2D eigenvalue weighted by molar-refractivity contribution is 0.411. The van der Waals surface area contributed by atoms with E-state index in [1.165, 1.54) is 0 Å². The highest BCUT2D eigenvalue weighted by molar-refractivity contribution is 5.59. The molecule has 0 saturated heterocycles. The quantitative estimate of drug-likeness (QED) is 0.737. The van der Waals surface area contributed by atoms with E-state index in [1.54, 1.807) is 0 Å². The van der Waals surface area contributed by atoms with Gasteiger partial charge in [-0.3, -0.25) is 0 Å². The monoisotopic (exact) mass is 174 g/mol. The Labute approximate surface area is 75.4 Å².